The van der Waals surface area contributed by atoms with E-state index in [0.717, 1.165) is 19.3 Å². The maximum Gasteiger partial charge on any atom is 0.326 e. The molecule has 94 valence electrons. The van der Waals surface area contributed by atoms with E-state index in [1.165, 1.54) is 4.90 Å². The Balaban J connectivity index is 2.63. The molecule has 2 N–H and O–H groups in total. The molecule has 0 aromatic heterocycles. The second kappa shape index (κ2) is 6.79. The van der Waals surface area contributed by atoms with Crippen LogP contribution >= 0.6 is 0 Å². The average Bonchev–Trinajstić information content (AvgIpc) is 2.54. The third-order valence-electron chi connectivity index (χ3n) is 2.80. The Labute approximate surface area is 101 Å². The average molecular weight is 238 g/mol. The minimum Gasteiger partial charge on any atom is -0.480 e. The number of hydrogen-bond acceptors (Lipinski definition) is 2. The van der Waals surface area contributed by atoms with Crippen molar-refractivity contribution in [2.24, 2.45) is 0 Å². The number of amides is 2. The van der Waals surface area contributed by atoms with Crippen LogP contribution in [0.2, 0.25) is 0 Å². The number of urea groups is 1. The Bertz CT molecular complexity index is 343. The fraction of sp³-hybridized carbons (Fsp3) is 0.667. The molecule has 17 heavy (non-hydrogen) atoms. The molecule has 0 saturated carbocycles. The van der Waals surface area contributed by atoms with Crippen LogP contribution < -0.4 is 5.32 Å². The van der Waals surface area contributed by atoms with Crippen LogP contribution in [0.1, 0.15) is 32.6 Å². The summed E-state index contributed by atoms with van der Waals surface area (Å²) in [5.41, 5.74) is 0. The fourth-order valence-electron chi connectivity index (χ4n) is 1.92. The maximum absolute atomic E-state index is 11.8. The van der Waals surface area contributed by atoms with Crippen molar-refractivity contribution in [3.8, 4) is 11.8 Å². The van der Waals surface area contributed by atoms with Gasteiger partial charge in [0.15, 0.2) is 0 Å². The Kier molecular flexibility index (Phi) is 5.34. The summed E-state index contributed by atoms with van der Waals surface area (Å²) < 4.78 is 0. The van der Waals surface area contributed by atoms with E-state index in [1.54, 1.807) is 6.92 Å². The second-order valence-corrected chi connectivity index (χ2v) is 3.98. The van der Waals surface area contributed by atoms with Gasteiger partial charge in [-0.15, -0.1) is 5.92 Å². The summed E-state index contributed by atoms with van der Waals surface area (Å²) in [5.74, 6) is 4.47. The summed E-state index contributed by atoms with van der Waals surface area (Å²) in [6, 6.07) is -1.03. The van der Waals surface area contributed by atoms with Gasteiger partial charge in [-0.05, 0) is 19.8 Å². The molecule has 1 heterocycles. The van der Waals surface area contributed by atoms with Crippen molar-refractivity contribution in [2.75, 3.05) is 13.1 Å². The van der Waals surface area contributed by atoms with Crippen LogP contribution in [0, 0.1) is 11.8 Å². The van der Waals surface area contributed by atoms with Gasteiger partial charge in [-0.2, -0.15) is 0 Å². The first-order valence-corrected chi connectivity index (χ1v) is 5.83. The quantitative estimate of drug-likeness (QED) is 0.706. The highest BCUT2D eigenvalue weighted by atomic mass is 16.4. The number of rotatable bonds is 2. The number of carbonyl (C=O) groups is 2. The van der Waals surface area contributed by atoms with Crippen LogP contribution in [0.15, 0.2) is 0 Å². The number of likely N-dealkylation sites (tertiary alicyclic amines) is 1. The highest BCUT2D eigenvalue weighted by Crippen LogP contribution is 2.16. The summed E-state index contributed by atoms with van der Waals surface area (Å²) >= 11 is 0. The zero-order valence-electron chi connectivity index (χ0n) is 10.0. The lowest BCUT2D eigenvalue weighted by Crippen LogP contribution is -2.49. The molecule has 1 fully saturated rings. The van der Waals surface area contributed by atoms with E-state index in [2.05, 4.69) is 17.2 Å². The molecular formula is C12H18N2O3. The summed E-state index contributed by atoms with van der Waals surface area (Å²) in [6.45, 7) is 2.46. The molecule has 1 atom stereocenters. The molecule has 0 radical (unpaired) electrons. The Morgan fingerprint density at radius 1 is 1.41 bits per heavy atom. The van der Waals surface area contributed by atoms with Crippen molar-refractivity contribution < 1.29 is 14.7 Å². The molecule has 0 aliphatic carbocycles. The van der Waals surface area contributed by atoms with Gasteiger partial charge in [0.25, 0.3) is 0 Å². The normalized spacial score (nSPS) is 19.8. The van der Waals surface area contributed by atoms with Crippen LogP contribution in [0.25, 0.3) is 0 Å². The van der Waals surface area contributed by atoms with Gasteiger partial charge >= 0.3 is 12.0 Å². The molecular weight excluding hydrogens is 220 g/mol. The standard InChI is InChI=1S/C12H18N2O3/c1-2-3-8-13-12(17)14-9-6-4-5-7-10(14)11(15)16/h10H,4-9H2,1H3,(H,13,17)(H,15,16). The van der Waals surface area contributed by atoms with E-state index < -0.39 is 12.0 Å². The number of aliphatic carboxylic acids is 1. The van der Waals surface area contributed by atoms with Gasteiger partial charge in [0.2, 0.25) is 0 Å². The van der Waals surface area contributed by atoms with Crippen LogP contribution in [0.4, 0.5) is 4.79 Å². The topological polar surface area (TPSA) is 69.6 Å². The summed E-state index contributed by atoms with van der Waals surface area (Å²) in [7, 11) is 0. The molecule has 2 amide bonds. The third-order valence-corrected chi connectivity index (χ3v) is 2.80. The van der Waals surface area contributed by atoms with Crippen LogP contribution in [-0.4, -0.2) is 41.1 Å². The number of carbonyl (C=O) groups excluding carboxylic acids is 1. The van der Waals surface area contributed by atoms with Gasteiger partial charge in [-0.25, -0.2) is 9.59 Å². The zero-order chi connectivity index (χ0) is 12.7. The van der Waals surface area contributed by atoms with Crippen molar-refractivity contribution in [3.05, 3.63) is 0 Å². The van der Waals surface area contributed by atoms with Crippen molar-refractivity contribution >= 4 is 12.0 Å². The van der Waals surface area contributed by atoms with Gasteiger partial charge in [-0.1, -0.05) is 18.8 Å². The molecule has 0 bridgehead atoms. The molecule has 1 saturated heterocycles. The lowest BCUT2D eigenvalue weighted by molar-refractivity contribution is -0.142. The second-order valence-electron chi connectivity index (χ2n) is 3.98. The Morgan fingerprint density at radius 2 is 2.18 bits per heavy atom. The molecule has 5 heteroatoms. The predicted molar refractivity (Wildman–Crippen MR) is 63.4 cm³/mol. The van der Waals surface area contributed by atoms with Crippen LogP contribution in [0.3, 0.4) is 0 Å². The van der Waals surface area contributed by atoms with E-state index in [0.29, 0.717) is 13.0 Å². The van der Waals surface area contributed by atoms with Crippen LogP contribution in [0.5, 0.6) is 0 Å². The Morgan fingerprint density at radius 3 is 2.82 bits per heavy atom. The van der Waals surface area contributed by atoms with Gasteiger partial charge in [-0.3, -0.25) is 0 Å². The van der Waals surface area contributed by atoms with Gasteiger partial charge in [0.1, 0.15) is 6.04 Å². The van der Waals surface area contributed by atoms with Crippen LogP contribution in [-0.2, 0) is 4.79 Å². The van der Waals surface area contributed by atoms with E-state index in [1.807, 2.05) is 0 Å². The number of carboxylic acids is 1. The smallest absolute Gasteiger partial charge is 0.326 e. The first kappa shape index (κ1) is 13.4. The molecule has 1 aliphatic rings. The molecule has 1 rings (SSSR count). The third kappa shape index (κ3) is 3.99. The van der Waals surface area contributed by atoms with Gasteiger partial charge in [0, 0.05) is 6.54 Å². The van der Waals surface area contributed by atoms with E-state index >= 15 is 0 Å². The minimum atomic E-state index is -0.927. The number of nitrogens with zero attached hydrogens (tertiary/aromatic N) is 1. The van der Waals surface area contributed by atoms with E-state index in [-0.39, 0.29) is 12.6 Å². The molecule has 1 aliphatic heterocycles. The van der Waals surface area contributed by atoms with Crippen molar-refractivity contribution in [1.29, 1.82) is 0 Å². The summed E-state index contributed by atoms with van der Waals surface area (Å²) in [4.78, 5) is 24.3. The Hall–Kier alpha value is -1.70. The van der Waals surface area contributed by atoms with E-state index in [4.69, 9.17) is 5.11 Å². The summed E-state index contributed by atoms with van der Waals surface area (Å²) in [6.07, 6.45) is 3.22. The molecule has 5 nitrogen and oxygen atoms in total. The molecule has 0 aromatic rings. The maximum atomic E-state index is 11.8. The van der Waals surface area contributed by atoms with Crippen molar-refractivity contribution in [2.45, 2.75) is 38.6 Å². The lowest BCUT2D eigenvalue weighted by atomic mass is 10.1. The van der Waals surface area contributed by atoms with Crippen molar-refractivity contribution in [3.63, 3.8) is 0 Å². The first-order chi connectivity index (χ1) is 8.16. The van der Waals surface area contributed by atoms with E-state index in [9.17, 15) is 9.59 Å². The highest BCUT2D eigenvalue weighted by molar-refractivity contribution is 5.82. The predicted octanol–water partition coefficient (Wildman–Crippen LogP) is 1.05. The first-order valence-electron chi connectivity index (χ1n) is 5.83. The fourth-order valence-corrected chi connectivity index (χ4v) is 1.92. The molecule has 1 unspecified atom stereocenters. The lowest BCUT2D eigenvalue weighted by Gasteiger charge is -2.26. The van der Waals surface area contributed by atoms with Gasteiger partial charge in [0.05, 0.1) is 6.54 Å². The largest absolute Gasteiger partial charge is 0.480 e. The molecule has 0 aromatic carbocycles. The number of nitrogens with one attached hydrogen (secondary N) is 1. The minimum absolute atomic E-state index is 0.262. The number of carboxylic acid groups (broad SMARTS) is 1. The molecule has 0 spiro atoms. The monoisotopic (exact) mass is 238 g/mol. The number of hydrogen-bond donors (Lipinski definition) is 2. The SMILES string of the molecule is CC#CCNC(=O)N1CCCCCC1C(=O)O. The zero-order valence-corrected chi connectivity index (χ0v) is 10.0. The van der Waals surface area contributed by atoms with Gasteiger partial charge < -0.3 is 15.3 Å². The highest BCUT2D eigenvalue weighted by Gasteiger charge is 2.30. The summed E-state index contributed by atoms with van der Waals surface area (Å²) in [5, 5.41) is 11.7. The van der Waals surface area contributed by atoms with Crippen molar-refractivity contribution in [1.82, 2.24) is 10.2 Å².